The average Bonchev–Trinajstić information content (AvgIpc) is 2.79. The maximum atomic E-state index is 10.1. The number of hydrogen-bond donors (Lipinski definition) is 2. The van der Waals surface area contributed by atoms with Crippen molar-refractivity contribution in [3.8, 4) is 34.4 Å². The zero-order valence-electron chi connectivity index (χ0n) is 18.9. The van der Waals surface area contributed by atoms with Crippen LogP contribution in [-0.4, -0.2) is 24.2 Å². The lowest BCUT2D eigenvalue weighted by Gasteiger charge is -2.30. The van der Waals surface area contributed by atoms with Gasteiger partial charge in [-0.15, -0.1) is 0 Å². The van der Waals surface area contributed by atoms with Crippen LogP contribution in [0.3, 0.4) is 0 Å². The number of nitrogens with zero attached hydrogens (tertiary/aromatic N) is 2. The lowest BCUT2D eigenvalue weighted by Crippen LogP contribution is -2.23. The molecule has 0 saturated carbocycles. The number of nitrogens with one attached hydrogen (secondary N) is 1. The molecule has 0 aliphatic carbocycles. The number of hydrogen-bond acceptors (Lipinski definition) is 6. The molecule has 0 spiro atoms. The molecule has 33 heavy (non-hydrogen) atoms. The van der Waals surface area contributed by atoms with Crippen LogP contribution in [0.4, 0.5) is 0 Å². The third kappa shape index (κ3) is 4.75. The Morgan fingerprint density at radius 2 is 1.97 bits per heavy atom. The third-order valence-corrected chi connectivity index (χ3v) is 5.29. The van der Waals surface area contributed by atoms with Crippen LogP contribution in [0.2, 0.25) is 0 Å². The summed E-state index contributed by atoms with van der Waals surface area (Å²) in [4.78, 5) is 4.21. The summed E-state index contributed by atoms with van der Waals surface area (Å²) in [5, 5.41) is 17.6. The van der Waals surface area contributed by atoms with Gasteiger partial charge in [-0.3, -0.25) is 10.4 Å². The minimum Gasteiger partial charge on any atom is -0.492 e. The van der Waals surface area contributed by atoms with Crippen molar-refractivity contribution >= 4 is 6.02 Å². The minimum atomic E-state index is -0.383. The molecule has 1 unspecified atom stereocenters. The van der Waals surface area contributed by atoms with E-state index in [0.29, 0.717) is 35.0 Å². The normalized spacial score (nSPS) is 14.3. The number of rotatable bonds is 5. The predicted molar refractivity (Wildman–Crippen MR) is 126 cm³/mol. The summed E-state index contributed by atoms with van der Waals surface area (Å²) >= 11 is 0. The third-order valence-electron chi connectivity index (χ3n) is 5.29. The summed E-state index contributed by atoms with van der Waals surface area (Å²) < 4.78 is 17.6. The zero-order chi connectivity index (χ0) is 23.6. The highest BCUT2D eigenvalue weighted by atomic mass is 16.5. The van der Waals surface area contributed by atoms with Gasteiger partial charge in [0.05, 0.1) is 12.5 Å². The Labute approximate surface area is 193 Å². The van der Waals surface area contributed by atoms with Gasteiger partial charge in [0.15, 0.2) is 0 Å². The number of nitrogens with two attached hydrogens (primary N) is 1. The molecule has 7 nitrogen and oxygen atoms in total. The van der Waals surface area contributed by atoms with Gasteiger partial charge < -0.3 is 19.9 Å². The van der Waals surface area contributed by atoms with Gasteiger partial charge >= 0.3 is 0 Å². The van der Waals surface area contributed by atoms with Crippen molar-refractivity contribution in [2.24, 2.45) is 11.1 Å². The number of fused-ring (bicyclic) bond motifs is 2. The fourth-order valence-electron chi connectivity index (χ4n) is 3.79. The quantitative estimate of drug-likeness (QED) is 0.415. The number of nitriles is 1. The molecule has 1 aromatic heterocycles. The van der Waals surface area contributed by atoms with Crippen LogP contribution < -0.4 is 15.2 Å². The highest BCUT2D eigenvalue weighted by Crippen LogP contribution is 2.48. The summed E-state index contributed by atoms with van der Waals surface area (Å²) in [5.41, 5.74) is 9.25. The molecule has 7 heteroatoms. The summed E-state index contributed by atoms with van der Waals surface area (Å²) in [7, 11) is 0. The molecule has 3 N–H and O–H groups in total. The molecule has 2 heterocycles. The van der Waals surface area contributed by atoms with E-state index in [4.69, 9.17) is 25.4 Å². The smallest absolute Gasteiger partial charge is 0.279 e. The van der Waals surface area contributed by atoms with E-state index in [-0.39, 0.29) is 24.0 Å². The second-order valence-corrected chi connectivity index (χ2v) is 9.14. The largest absolute Gasteiger partial charge is 0.492 e. The van der Waals surface area contributed by atoms with Crippen molar-refractivity contribution in [1.82, 2.24) is 4.98 Å². The number of amidine groups is 1. The van der Waals surface area contributed by atoms with E-state index in [0.717, 1.165) is 16.7 Å². The van der Waals surface area contributed by atoms with Gasteiger partial charge in [-0.2, -0.15) is 5.26 Å². The van der Waals surface area contributed by atoms with E-state index < -0.39 is 0 Å². The topological polar surface area (TPSA) is 114 Å². The second kappa shape index (κ2) is 8.83. The van der Waals surface area contributed by atoms with Crippen LogP contribution in [-0.2, 0) is 4.74 Å². The van der Waals surface area contributed by atoms with Crippen molar-refractivity contribution in [3.63, 3.8) is 0 Å². The lowest BCUT2D eigenvalue weighted by molar-refractivity contribution is 0.197. The van der Waals surface area contributed by atoms with Crippen molar-refractivity contribution in [3.05, 3.63) is 71.5 Å². The molecule has 0 amide bonds. The van der Waals surface area contributed by atoms with Crippen molar-refractivity contribution in [1.29, 1.82) is 10.7 Å². The summed E-state index contributed by atoms with van der Waals surface area (Å²) in [6, 6.07) is 15.2. The molecule has 0 saturated heterocycles. The number of pyridine rings is 1. The lowest BCUT2D eigenvalue weighted by atomic mass is 9.84. The van der Waals surface area contributed by atoms with Crippen LogP contribution in [0, 0.1) is 22.2 Å². The Morgan fingerprint density at radius 1 is 1.18 bits per heavy atom. The zero-order valence-corrected chi connectivity index (χ0v) is 18.9. The Bertz CT molecular complexity index is 1230. The Balaban J connectivity index is 1.83. The van der Waals surface area contributed by atoms with Gasteiger partial charge in [0.25, 0.3) is 6.02 Å². The van der Waals surface area contributed by atoms with Crippen molar-refractivity contribution in [2.45, 2.75) is 26.7 Å². The van der Waals surface area contributed by atoms with Crippen LogP contribution in [0.1, 0.15) is 43.4 Å². The Morgan fingerprint density at radius 3 is 2.64 bits per heavy atom. The van der Waals surface area contributed by atoms with Gasteiger partial charge in [0.2, 0.25) is 0 Å². The Kier molecular flexibility index (Phi) is 5.93. The van der Waals surface area contributed by atoms with E-state index in [2.05, 4.69) is 31.8 Å². The fraction of sp³-hybridized carbons (Fsp3) is 0.269. The van der Waals surface area contributed by atoms with Gasteiger partial charge in [0, 0.05) is 29.1 Å². The van der Waals surface area contributed by atoms with Crippen LogP contribution in [0.25, 0.3) is 11.1 Å². The summed E-state index contributed by atoms with van der Waals surface area (Å²) in [6.07, 6.45) is 3.52. The number of ether oxygens (including phenoxy) is 3. The van der Waals surface area contributed by atoms with Gasteiger partial charge in [-0.25, -0.2) is 0 Å². The van der Waals surface area contributed by atoms with E-state index in [1.54, 1.807) is 18.5 Å². The molecule has 168 valence electrons. The molecule has 2 aromatic carbocycles. The monoisotopic (exact) mass is 442 g/mol. The molecule has 1 aliphatic rings. The first-order valence-electron chi connectivity index (χ1n) is 10.7. The van der Waals surface area contributed by atoms with Crippen LogP contribution in [0.5, 0.6) is 17.2 Å². The molecule has 1 atom stereocenters. The number of benzene rings is 2. The van der Waals surface area contributed by atoms with Gasteiger partial charge in [-0.1, -0.05) is 32.9 Å². The first kappa shape index (κ1) is 22.2. The molecule has 3 aromatic rings. The fourth-order valence-corrected chi connectivity index (χ4v) is 3.79. The van der Waals surface area contributed by atoms with Crippen molar-refractivity contribution < 1.29 is 14.2 Å². The first-order valence-corrected chi connectivity index (χ1v) is 10.7. The van der Waals surface area contributed by atoms with Gasteiger partial charge in [-0.05, 0) is 41.3 Å². The molecule has 1 aliphatic heterocycles. The predicted octanol–water partition coefficient (Wildman–Crippen LogP) is 5.19. The van der Waals surface area contributed by atoms with E-state index in [1.807, 2.05) is 36.4 Å². The standard InChI is InChI=1S/C26H26N4O3/c1-26(2,3)15-32-21-8-9-23-24(19(21)12-27)20(14-31-25(28)29)18-11-16(6-7-22(18)33-23)17-5-4-10-30-13-17/h4-11,13,20H,14-15H2,1-3H3,(H3,28,29). The van der Waals surface area contributed by atoms with Crippen LogP contribution >= 0.6 is 0 Å². The molecule has 0 bridgehead atoms. The maximum absolute atomic E-state index is 10.1. The molecular formula is C26H26N4O3. The molecule has 0 fully saturated rings. The van der Waals surface area contributed by atoms with E-state index in [1.165, 1.54) is 0 Å². The highest BCUT2D eigenvalue weighted by Gasteiger charge is 2.33. The van der Waals surface area contributed by atoms with Crippen LogP contribution in [0.15, 0.2) is 54.9 Å². The maximum Gasteiger partial charge on any atom is 0.279 e. The summed E-state index contributed by atoms with van der Waals surface area (Å²) in [6.45, 7) is 6.76. The highest BCUT2D eigenvalue weighted by molar-refractivity contribution is 5.70. The minimum absolute atomic E-state index is 0.0680. The summed E-state index contributed by atoms with van der Waals surface area (Å²) in [5.74, 6) is 1.35. The second-order valence-electron chi connectivity index (χ2n) is 9.14. The Hall–Kier alpha value is -4.05. The van der Waals surface area contributed by atoms with Gasteiger partial charge in [0.1, 0.15) is 35.5 Å². The number of aromatic nitrogens is 1. The van der Waals surface area contributed by atoms with Crippen molar-refractivity contribution in [2.75, 3.05) is 13.2 Å². The first-order chi connectivity index (χ1) is 15.8. The van der Waals surface area contributed by atoms with E-state index in [9.17, 15) is 5.26 Å². The SMILES string of the molecule is CC(C)(C)COc1ccc2c(c1C#N)C(COC(=N)N)c1cc(-c3cccnc3)ccc1O2. The molecule has 4 rings (SSSR count). The average molecular weight is 443 g/mol. The van der Waals surface area contributed by atoms with E-state index >= 15 is 0 Å². The molecule has 0 radical (unpaired) electrons. The molecular weight excluding hydrogens is 416 g/mol.